The third-order valence-corrected chi connectivity index (χ3v) is 7.16. The number of amides is 2. The summed E-state index contributed by atoms with van der Waals surface area (Å²) in [6.07, 6.45) is 4.54. The van der Waals surface area contributed by atoms with Crippen molar-refractivity contribution in [2.24, 2.45) is 0 Å². The molecule has 1 saturated carbocycles. The molecule has 0 bridgehead atoms. The Hall–Kier alpha value is -3.00. The van der Waals surface area contributed by atoms with Crippen molar-refractivity contribution < 1.29 is 9.59 Å². The molecular weight excluding hydrogens is 422 g/mol. The fraction of sp³-hybridized carbons (Fsp3) is 0.417. The maximum Gasteiger partial charge on any atom is 0.262 e. The topological polar surface area (TPSA) is 91.0 Å². The Balaban J connectivity index is 1.24. The monoisotopic (exact) mass is 449 g/mol. The van der Waals surface area contributed by atoms with Crippen LogP contribution in [0.4, 0.5) is 0 Å². The fourth-order valence-corrected chi connectivity index (χ4v) is 4.90. The van der Waals surface area contributed by atoms with E-state index in [2.05, 4.69) is 15.5 Å². The van der Waals surface area contributed by atoms with Crippen LogP contribution in [-0.2, 0) is 11.2 Å². The van der Waals surface area contributed by atoms with Crippen molar-refractivity contribution in [3.63, 3.8) is 0 Å². The van der Waals surface area contributed by atoms with Crippen molar-refractivity contribution in [1.82, 2.24) is 25.4 Å². The highest BCUT2D eigenvalue weighted by molar-refractivity contribution is 7.12. The van der Waals surface area contributed by atoms with Gasteiger partial charge < -0.3 is 10.2 Å². The third kappa shape index (κ3) is 4.75. The Morgan fingerprint density at radius 3 is 2.53 bits per heavy atom. The van der Waals surface area contributed by atoms with Crippen molar-refractivity contribution in [2.75, 3.05) is 13.1 Å². The van der Waals surface area contributed by atoms with Crippen LogP contribution < -0.4 is 5.32 Å². The number of nitrogens with one attached hydrogen (secondary N) is 2. The number of H-pyrrole nitrogens is 1. The Morgan fingerprint density at radius 1 is 1.06 bits per heavy atom. The number of nitrogens with zero attached hydrogens (tertiary/aromatic N) is 3. The van der Waals surface area contributed by atoms with Gasteiger partial charge in [0.25, 0.3) is 5.91 Å². The summed E-state index contributed by atoms with van der Waals surface area (Å²) in [7, 11) is 0. The zero-order valence-electron chi connectivity index (χ0n) is 17.9. The molecule has 1 unspecified atom stereocenters. The maximum atomic E-state index is 13.4. The SMILES string of the molecule is O=C(NC(Cc1ccccc1)C(=O)N1CCC(c2nc(C3CC3)n[nH]2)CC1)c1cccs1. The van der Waals surface area contributed by atoms with Crippen LogP contribution in [0.2, 0.25) is 0 Å². The molecule has 1 aliphatic heterocycles. The molecule has 2 N–H and O–H groups in total. The molecule has 8 heteroatoms. The number of carbonyl (C=O) groups is 2. The molecule has 3 heterocycles. The van der Waals surface area contributed by atoms with Crippen molar-refractivity contribution in [1.29, 1.82) is 0 Å². The lowest BCUT2D eigenvalue weighted by Gasteiger charge is -2.33. The molecule has 32 heavy (non-hydrogen) atoms. The molecule has 2 aromatic heterocycles. The molecular formula is C24H27N5O2S. The molecule has 2 amide bonds. The summed E-state index contributed by atoms with van der Waals surface area (Å²) in [5, 5.41) is 12.3. The predicted octanol–water partition coefficient (Wildman–Crippen LogP) is 3.49. The van der Waals surface area contributed by atoms with E-state index in [0.29, 0.717) is 36.2 Å². The molecule has 3 aromatic rings. The van der Waals surface area contributed by atoms with E-state index in [-0.39, 0.29) is 11.8 Å². The van der Waals surface area contributed by atoms with Crippen molar-refractivity contribution >= 4 is 23.2 Å². The summed E-state index contributed by atoms with van der Waals surface area (Å²) in [5.74, 6) is 2.51. The van der Waals surface area contributed by atoms with Crippen molar-refractivity contribution in [3.05, 3.63) is 69.9 Å². The van der Waals surface area contributed by atoms with Gasteiger partial charge in [-0.05, 0) is 42.7 Å². The summed E-state index contributed by atoms with van der Waals surface area (Å²) in [6.45, 7) is 1.31. The Kier molecular flexibility index (Phi) is 6.03. The molecule has 0 radical (unpaired) electrons. The van der Waals surface area contributed by atoms with Gasteiger partial charge in [0.05, 0.1) is 4.88 Å². The van der Waals surface area contributed by atoms with Gasteiger partial charge in [-0.15, -0.1) is 11.3 Å². The van der Waals surface area contributed by atoms with E-state index in [1.165, 1.54) is 24.2 Å². The first-order valence-corrected chi connectivity index (χ1v) is 12.1. The second kappa shape index (κ2) is 9.24. The summed E-state index contributed by atoms with van der Waals surface area (Å²) in [5.41, 5.74) is 1.03. The molecule has 0 spiro atoms. The Labute approximate surface area is 191 Å². The number of hydrogen-bond donors (Lipinski definition) is 2. The molecule has 1 aromatic carbocycles. The maximum absolute atomic E-state index is 13.4. The molecule has 1 atom stereocenters. The van der Waals surface area contributed by atoms with Crippen LogP contribution in [-0.4, -0.2) is 51.0 Å². The molecule has 5 rings (SSSR count). The number of benzene rings is 1. The zero-order chi connectivity index (χ0) is 21.9. The average Bonchev–Trinajstić information content (AvgIpc) is 3.31. The minimum absolute atomic E-state index is 0.0200. The van der Waals surface area contributed by atoms with Gasteiger partial charge >= 0.3 is 0 Å². The highest BCUT2D eigenvalue weighted by atomic mass is 32.1. The van der Waals surface area contributed by atoms with E-state index in [0.717, 1.165) is 30.1 Å². The first-order chi connectivity index (χ1) is 15.7. The second-order valence-electron chi connectivity index (χ2n) is 8.65. The van der Waals surface area contributed by atoms with E-state index in [1.807, 2.05) is 46.7 Å². The van der Waals surface area contributed by atoms with E-state index in [9.17, 15) is 9.59 Å². The van der Waals surface area contributed by atoms with Crippen molar-refractivity contribution in [2.45, 2.75) is 50.0 Å². The van der Waals surface area contributed by atoms with E-state index < -0.39 is 6.04 Å². The van der Waals surface area contributed by atoms with Crippen LogP contribution in [0.3, 0.4) is 0 Å². The van der Waals surface area contributed by atoms with E-state index in [4.69, 9.17) is 4.98 Å². The summed E-state index contributed by atoms with van der Waals surface area (Å²) in [6, 6.07) is 12.9. The highest BCUT2D eigenvalue weighted by Crippen LogP contribution is 2.38. The third-order valence-electron chi connectivity index (χ3n) is 6.29. The molecule has 1 saturated heterocycles. The highest BCUT2D eigenvalue weighted by Gasteiger charge is 2.33. The number of carbonyl (C=O) groups excluding carboxylic acids is 2. The lowest BCUT2D eigenvalue weighted by atomic mass is 9.95. The molecule has 2 aliphatic rings. The van der Waals surface area contributed by atoms with Gasteiger partial charge in [-0.3, -0.25) is 14.7 Å². The van der Waals surface area contributed by atoms with Gasteiger partial charge in [-0.1, -0.05) is 36.4 Å². The summed E-state index contributed by atoms with van der Waals surface area (Å²) < 4.78 is 0. The lowest BCUT2D eigenvalue weighted by molar-refractivity contribution is -0.134. The van der Waals surface area contributed by atoms with Crippen LogP contribution >= 0.6 is 11.3 Å². The number of piperidine rings is 1. The first kappa shape index (κ1) is 20.9. The van der Waals surface area contributed by atoms with Crippen molar-refractivity contribution in [3.8, 4) is 0 Å². The molecule has 166 valence electrons. The Bertz CT molecular complexity index is 1050. The number of hydrogen-bond acceptors (Lipinski definition) is 5. The smallest absolute Gasteiger partial charge is 0.262 e. The largest absolute Gasteiger partial charge is 0.341 e. The van der Waals surface area contributed by atoms with Crippen LogP contribution in [0, 0.1) is 0 Å². The fourth-order valence-electron chi connectivity index (χ4n) is 4.28. The number of aromatic amines is 1. The van der Waals surface area contributed by atoms with Crippen LogP contribution in [0.15, 0.2) is 47.8 Å². The summed E-state index contributed by atoms with van der Waals surface area (Å²) in [4.78, 5) is 33.3. The standard InChI is InChI=1S/C24H27N5O2S/c30-23(20-7-4-14-32-20)25-19(15-16-5-2-1-3-6-16)24(31)29-12-10-18(11-13-29)22-26-21(27-28-22)17-8-9-17/h1-7,14,17-19H,8-13,15H2,(H,25,30)(H,26,27,28). The Morgan fingerprint density at radius 2 is 1.84 bits per heavy atom. The minimum atomic E-state index is -0.588. The quantitative estimate of drug-likeness (QED) is 0.578. The average molecular weight is 450 g/mol. The molecule has 2 fully saturated rings. The zero-order valence-corrected chi connectivity index (χ0v) is 18.7. The van der Waals surface area contributed by atoms with Gasteiger partial charge in [-0.25, -0.2) is 4.98 Å². The van der Waals surface area contributed by atoms with Gasteiger partial charge in [0, 0.05) is 31.3 Å². The van der Waals surface area contributed by atoms with Crippen LogP contribution in [0.5, 0.6) is 0 Å². The lowest BCUT2D eigenvalue weighted by Crippen LogP contribution is -2.51. The first-order valence-electron chi connectivity index (χ1n) is 11.3. The normalized spacial score (nSPS) is 17.8. The minimum Gasteiger partial charge on any atom is -0.341 e. The molecule has 7 nitrogen and oxygen atoms in total. The van der Waals surface area contributed by atoms with Crippen LogP contribution in [0.1, 0.15) is 64.4 Å². The van der Waals surface area contributed by atoms with Gasteiger partial charge in [-0.2, -0.15) is 5.10 Å². The number of rotatable bonds is 7. The van der Waals surface area contributed by atoms with Gasteiger partial charge in [0.15, 0.2) is 5.82 Å². The summed E-state index contributed by atoms with van der Waals surface area (Å²) >= 11 is 1.38. The second-order valence-corrected chi connectivity index (χ2v) is 9.59. The molecule has 1 aliphatic carbocycles. The number of thiophene rings is 1. The number of likely N-dealkylation sites (tertiary alicyclic amines) is 1. The van der Waals surface area contributed by atoms with Crippen LogP contribution in [0.25, 0.3) is 0 Å². The van der Waals surface area contributed by atoms with Gasteiger partial charge in [0.2, 0.25) is 5.91 Å². The number of aromatic nitrogens is 3. The van der Waals surface area contributed by atoms with E-state index in [1.54, 1.807) is 6.07 Å². The van der Waals surface area contributed by atoms with E-state index >= 15 is 0 Å². The predicted molar refractivity (Wildman–Crippen MR) is 123 cm³/mol. The van der Waals surface area contributed by atoms with Gasteiger partial charge in [0.1, 0.15) is 11.9 Å².